The van der Waals surface area contributed by atoms with Crippen molar-refractivity contribution in [1.82, 2.24) is 0 Å². The lowest BCUT2D eigenvalue weighted by Crippen LogP contribution is -2.20. The van der Waals surface area contributed by atoms with Crippen molar-refractivity contribution in [2.75, 3.05) is 16.0 Å². The van der Waals surface area contributed by atoms with Crippen molar-refractivity contribution in [1.29, 1.82) is 0 Å². The van der Waals surface area contributed by atoms with Gasteiger partial charge in [-0.25, -0.2) is 0 Å². The number of amides is 2. The topological polar surface area (TPSA) is 79.5 Å². The van der Waals surface area contributed by atoms with Gasteiger partial charge in [0.25, 0.3) is 5.91 Å². The summed E-state index contributed by atoms with van der Waals surface area (Å²) in [6, 6.07) is 10.6. The Balaban J connectivity index is 1.85. The second kappa shape index (κ2) is 7.67. The highest BCUT2D eigenvalue weighted by Crippen LogP contribution is 2.32. The summed E-state index contributed by atoms with van der Waals surface area (Å²) < 4.78 is 27.1. The van der Waals surface area contributed by atoms with E-state index in [1.54, 1.807) is 24.3 Å². The van der Waals surface area contributed by atoms with Crippen LogP contribution in [0.25, 0.3) is 0 Å². The molecular formula is C18H16F2IN3O3. The quantitative estimate of drug-likeness (QED) is 0.440. The van der Waals surface area contributed by atoms with E-state index in [9.17, 15) is 18.4 Å². The van der Waals surface area contributed by atoms with E-state index in [2.05, 4.69) is 20.7 Å². The molecule has 1 aliphatic heterocycles. The lowest BCUT2D eigenvalue weighted by Gasteiger charge is -2.16. The number of carbonyl (C=O) groups excluding carboxylic acids is 2. The van der Waals surface area contributed by atoms with Crippen LogP contribution in [0.15, 0.2) is 42.5 Å². The number of hydrogen-bond donors (Lipinski definition) is 3. The van der Waals surface area contributed by atoms with E-state index < -0.39 is 10.0 Å². The smallest absolute Gasteiger partial charge is 0.425 e. The average Bonchev–Trinajstić information content (AvgIpc) is 2.69. The highest BCUT2D eigenvalue weighted by molar-refractivity contribution is 14.1. The summed E-state index contributed by atoms with van der Waals surface area (Å²) in [6.45, 7) is 1.84. The van der Waals surface area contributed by atoms with Crippen LogP contribution in [-0.2, 0) is 4.79 Å². The minimum Gasteiger partial charge on any atom is -0.425 e. The van der Waals surface area contributed by atoms with Gasteiger partial charge in [-0.1, -0.05) is 12.1 Å². The fourth-order valence-electron chi connectivity index (χ4n) is 2.75. The first-order chi connectivity index (χ1) is 12.7. The lowest BCUT2D eigenvalue weighted by molar-refractivity contribution is -0.116. The van der Waals surface area contributed by atoms with Gasteiger partial charge in [0, 0.05) is 24.2 Å². The number of rotatable bonds is 4. The SMILES string of the molecule is CC1CC(=O)Nc2cccc(C(=O)Nc3cccc(OC(F)(F)I)c3)c2N1. The number of alkyl halides is 3. The molecule has 142 valence electrons. The maximum Gasteiger partial charge on any atom is 0.451 e. The first kappa shape index (κ1) is 19.3. The molecule has 0 fully saturated rings. The third-order valence-corrected chi connectivity index (χ3v) is 4.01. The number of benzene rings is 2. The molecular weight excluding hydrogens is 471 g/mol. The molecule has 1 aliphatic rings. The second-order valence-corrected chi connectivity index (χ2v) is 7.31. The van der Waals surface area contributed by atoms with Crippen LogP contribution in [0.2, 0.25) is 0 Å². The molecule has 1 heterocycles. The summed E-state index contributed by atoms with van der Waals surface area (Å²) in [4.78, 5) is 24.6. The van der Waals surface area contributed by atoms with Crippen LogP contribution in [0.3, 0.4) is 0 Å². The number of carbonyl (C=O) groups is 2. The molecule has 0 saturated heterocycles. The van der Waals surface area contributed by atoms with Gasteiger partial charge < -0.3 is 20.7 Å². The molecule has 3 rings (SSSR count). The van der Waals surface area contributed by atoms with Gasteiger partial charge >= 0.3 is 4.12 Å². The zero-order valence-electron chi connectivity index (χ0n) is 14.2. The Bertz CT molecular complexity index is 886. The minimum atomic E-state index is -3.35. The van der Waals surface area contributed by atoms with E-state index in [1.807, 2.05) is 6.92 Å². The third kappa shape index (κ3) is 5.06. The number of ether oxygens (including phenoxy) is 1. The number of anilines is 3. The highest BCUT2D eigenvalue weighted by Gasteiger charge is 2.26. The van der Waals surface area contributed by atoms with E-state index >= 15 is 0 Å². The first-order valence-electron chi connectivity index (χ1n) is 8.08. The molecule has 6 nitrogen and oxygen atoms in total. The molecule has 0 saturated carbocycles. The van der Waals surface area contributed by atoms with Crippen LogP contribution in [0.1, 0.15) is 23.7 Å². The van der Waals surface area contributed by atoms with Gasteiger partial charge in [0.05, 0.1) is 39.5 Å². The van der Waals surface area contributed by atoms with Crippen molar-refractivity contribution in [2.45, 2.75) is 23.5 Å². The number of nitrogens with one attached hydrogen (secondary N) is 3. The van der Waals surface area contributed by atoms with Gasteiger partial charge in [0.15, 0.2) is 0 Å². The van der Waals surface area contributed by atoms with Gasteiger partial charge in [-0.3, -0.25) is 9.59 Å². The van der Waals surface area contributed by atoms with E-state index in [1.165, 1.54) is 18.2 Å². The molecule has 2 aromatic carbocycles. The van der Waals surface area contributed by atoms with Crippen LogP contribution < -0.4 is 20.7 Å². The molecule has 27 heavy (non-hydrogen) atoms. The maximum atomic E-state index is 13.0. The summed E-state index contributed by atoms with van der Waals surface area (Å²) in [5.74, 6) is -0.657. The second-order valence-electron chi connectivity index (χ2n) is 6.06. The summed E-state index contributed by atoms with van der Waals surface area (Å²) in [5.41, 5.74) is 1.66. The first-order valence-corrected chi connectivity index (χ1v) is 9.16. The van der Waals surface area contributed by atoms with Crippen LogP contribution >= 0.6 is 22.6 Å². The molecule has 9 heteroatoms. The Hall–Kier alpha value is -2.43. The zero-order chi connectivity index (χ0) is 19.6. The molecule has 3 N–H and O–H groups in total. The molecule has 1 unspecified atom stereocenters. The summed E-state index contributed by atoms with van der Waals surface area (Å²) in [6.07, 6.45) is 0.277. The van der Waals surface area contributed by atoms with E-state index in [0.717, 1.165) is 22.6 Å². The van der Waals surface area contributed by atoms with Gasteiger partial charge in [-0.15, -0.1) is 0 Å². The molecule has 2 aromatic rings. The van der Waals surface area contributed by atoms with Crippen LogP contribution in [0.4, 0.5) is 25.8 Å². The van der Waals surface area contributed by atoms with Crippen molar-refractivity contribution < 1.29 is 23.1 Å². The predicted molar refractivity (Wildman–Crippen MR) is 107 cm³/mol. The van der Waals surface area contributed by atoms with E-state index in [0.29, 0.717) is 22.6 Å². The zero-order valence-corrected chi connectivity index (χ0v) is 16.3. The van der Waals surface area contributed by atoms with Crippen molar-refractivity contribution in [3.63, 3.8) is 0 Å². The predicted octanol–water partition coefficient (Wildman–Crippen LogP) is 4.45. The van der Waals surface area contributed by atoms with Crippen molar-refractivity contribution in [2.24, 2.45) is 0 Å². The van der Waals surface area contributed by atoms with Crippen molar-refractivity contribution in [3.8, 4) is 5.75 Å². The molecule has 1 atom stereocenters. The number of fused-ring (bicyclic) bond motifs is 1. The summed E-state index contributed by atoms with van der Waals surface area (Å²) in [5, 5.41) is 8.58. The van der Waals surface area contributed by atoms with Crippen LogP contribution in [0, 0.1) is 0 Å². The van der Waals surface area contributed by atoms with Gasteiger partial charge in [0.2, 0.25) is 5.91 Å². The molecule has 0 spiro atoms. The third-order valence-electron chi connectivity index (χ3n) is 3.79. The van der Waals surface area contributed by atoms with Gasteiger partial charge in [-0.2, -0.15) is 8.78 Å². The molecule has 2 amide bonds. The molecule has 0 aliphatic carbocycles. The number of para-hydroxylation sites is 1. The van der Waals surface area contributed by atoms with Gasteiger partial charge in [-0.05, 0) is 31.2 Å². The summed E-state index contributed by atoms with van der Waals surface area (Å²) in [7, 11) is 0. The largest absolute Gasteiger partial charge is 0.451 e. The Labute approximate surface area is 167 Å². The summed E-state index contributed by atoms with van der Waals surface area (Å²) >= 11 is 0.872. The molecule has 0 aromatic heterocycles. The molecule has 0 bridgehead atoms. The Kier molecular flexibility index (Phi) is 5.49. The monoisotopic (exact) mass is 487 g/mol. The number of hydrogen-bond acceptors (Lipinski definition) is 4. The van der Waals surface area contributed by atoms with Gasteiger partial charge in [0.1, 0.15) is 5.75 Å². The normalized spacial score (nSPS) is 16.4. The Morgan fingerprint density at radius 2 is 2.04 bits per heavy atom. The van der Waals surface area contributed by atoms with E-state index in [-0.39, 0.29) is 24.1 Å². The fourth-order valence-corrected chi connectivity index (χ4v) is 3.00. The fraction of sp³-hybridized carbons (Fsp3) is 0.222. The number of halogens is 3. The van der Waals surface area contributed by atoms with Crippen LogP contribution in [0.5, 0.6) is 5.75 Å². The van der Waals surface area contributed by atoms with Crippen molar-refractivity contribution in [3.05, 3.63) is 48.0 Å². The minimum absolute atomic E-state index is 0.0712. The van der Waals surface area contributed by atoms with Crippen molar-refractivity contribution >= 4 is 51.5 Å². The average molecular weight is 487 g/mol. The van der Waals surface area contributed by atoms with Crippen LogP contribution in [-0.4, -0.2) is 22.0 Å². The lowest BCUT2D eigenvalue weighted by atomic mass is 10.1. The Morgan fingerprint density at radius 3 is 2.78 bits per heavy atom. The molecule has 0 radical (unpaired) electrons. The van der Waals surface area contributed by atoms with E-state index in [4.69, 9.17) is 0 Å². The standard InChI is InChI=1S/C18H16F2IN3O3/c1-10-8-15(25)24-14-7-3-6-13(16(14)22-10)17(26)23-11-4-2-5-12(9-11)27-18(19,20)21/h2-7,9-10,22H,8H2,1H3,(H,23,26)(H,24,25). The maximum absolute atomic E-state index is 13.0. The highest BCUT2D eigenvalue weighted by atomic mass is 127. The Morgan fingerprint density at radius 1 is 1.30 bits per heavy atom.